The van der Waals surface area contributed by atoms with E-state index < -0.39 is 0 Å². The van der Waals surface area contributed by atoms with Crippen LogP contribution in [0.4, 0.5) is 0 Å². The van der Waals surface area contributed by atoms with Crippen molar-refractivity contribution < 1.29 is 9.47 Å². The van der Waals surface area contributed by atoms with Gasteiger partial charge in [0.1, 0.15) is 13.2 Å². The lowest BCUT2D eigenvalue weighted by Crippen LogP contribution is -2.62. The molecule has 0 radical (unpaired) electrons. The summed E-state index contributed by atoms with van der Waals surface area (Å²) in [5, 5.41) is 3.18. The number of fused-ring (bicyclic) bond motifs is 1. The van der Waals surface area contributed by atoms with Gasteiger partial charge in [-0.2, -0.15) is 0 Å². The van der Waals surface area contributed by atoms with Gasteiger partial charge in [-0.15, -0.1) is 0 Å². The third-order valence-corrected chi connectivity index (χ3v) is 3.00. The second-order valence-electron chi connectivity index (χ2n) is 4.12. The number of rotatable bonds is 1. The fourth-order valence-electron chi connectivity index (χ4n) is 1.95. The molecule has 0 atom stereocenters. The van der Waals surface area contributed by atoms with Crippen LogP contribution < -0.4 is 20.5 Å². The van der Waals surface area contributed by atoms with E-state index in [1.165, 1.54) is 0 Å². The van der Waals surface area contributed by atoms with Crippen LogP contribution >= 0.6 is 0 Å². The summed E-state index contributed by atoms with van der Waals surface area (Å²) in [5.41, 5.74) is 7.09. The molecule has 2 heterocycles. The third kappa shape index (κ3) is 1.37. The highest BCUT2D eigenvalue weighted by molar-refractivity contribution is 5.46. The number of nitrogens with two attached hydrogens (primary N) is 1. The van der Waals surface area contributed by atoms with Gasteiger partial charge in [-0.05, 0) is 17.7 Å². The van der Waals surface area contributed by atoms with Crippen molar-refractivity contribution in [3.8, 4) is 11.5 Å². The molecule has 0 aliphatic carbocycles. The average molecular weight is 206 g/mol. The number of ether oxygens (including phenoxy) is 2. The fourth-order valence-corrected chi connectivity index (χ4v) is 1.95. The Morgan fingerprint density at radius 3 is 2.53 bits per heavy atom. The molecule has 3 N–H and O–H groups in total. The van der Waals surface area contributed by atoms with Gasteiger partial charge in [-0.1, -0.05) is 6.07 Å². The number of benzene rings is 1. The first kappa shape index (κ1) is 9.00. The van der Waals surface area contributed by atoms with E-state index in [1.807, 2.05) is 18.2 Å². The second-order valence-corrected chi connectivity index (χ2v) is 4.12. The summed E-state index contributed by atoms with van der Waals surface area (Å²) in [7, 11) is 0. The van der Waals surface area contributed by atoms with Gasteiger partial charge in [-0.25, -0.2) is 0 Å². The van der Waals surface area contributed by atoms with Crippen LogP contribution in [0.5, 0.6) is 11.5 Å². The van der Waals surface area contributed by atoms with Crippen molar-refractivity contribution in [1.82, 2.24) is 5.32 Å². The van der Waals surface area contributed by atoms with Crippen LogP contribution in [0.3, 0.4) is 0 Å². The lowest BCUT2D eigenvalue weighted by Gasteiger charge is -2.39. The highest BCUT2D eigenvalue weighted by Gasteiger charge is 2.35. The number of nitrogens with one attached hydrogen (secondary N) is 1. The quantitative estimate of drug-likeness (QED) is 0.690. The Morgan fingerprint density at radius 1 is 1.13 bits per heavy atom. The van der Waals surface area contributed by atoms with E-state index in [0.717, 1.165) is 30.2 Å². The SMILES string of the molecule is NC1(c2ccc3c(c2)OCCO3)CNC1. The maximum absolute atomic E-state index is 6.20. The Morgan fingerprint density at radius 2 is 1.87 bits per heavy atom. The van der Waals surface area contributed by atoms with E-state index in [0.29, 0.717) is 13.2 Å². The molecular weight excluding hydrogens is 192 g/mol. The van der Waals surface area contributed by atoms with Gasteiger partial charge in [-0.3, -0.25) is 0 Å². The van der Waals surface area contributed by atoms with Crippen molar-refractivity contribution in [2.75, 3.05) is 26.3 Å². The maximum Gasteiger partial charge on any atom is 0.161 e. The second kappa shape index (κ2) is 3.12. The molecule has 4 heteroatoms. The zero-order valence-electron chi connectivity index (χ0n) is 8.45. The molecule has 2 aliphatic rings. The standard InChI is InChI=1S/C11H14N2O2/c12-11(6-13-7-11)8-1-2-9-10(5-8)15-4-3-14-9/h1-2,5,13H,3-4,6-7,12H2. The minimum atomic E-state index is -0.226. The van der Waals surface area contributed by atoms with E-state index in [1.54, 1.807) is 0 Å². The molecule has 3 rings (SSSR count). The summed E-state index contributed by atoms with van der Waals surface area (Å²) in [5.74, 6) is 1.64. The Balaban J connectivity index is 1.97. The molecule has 1 saturated heterocycles. The molecule has 4 nitrogen and oxygen atoms in total. The van der Waals surface area contributed by atoms with Crippen molar-refractivity contribution in [2.45, 2.75) is 5.54 Å². The van der Waals surface area contributed by atoms with Crippen LogP contribution in [-0.2, 0) is 5.54 Å². The first-order valence-electron chi connectivity index (χ1n) is 5.18. The van der Waals surface area contributed by atoms with Gasteiger partial charge < -0.3 is 20.5 Å². The molecule has 1 aromatic carbocycles. The van der Waals surface area contributed by atoms with Crippen molar-refractivity contribution in [1.29, 1.82) is 0 Å². The summed E-state index contributed by atoms with van der Waals surface area (Å²) < 4.78 is 11.0. The molecule has 80 valence electrons. The highest BCUT2D eigenvalue weighted by Crippen LogP contribution is 2.34. The van der Waals surface area contributed by atoms with E-state index in [4.69, 9.17) is 15.2 Å². The van der Waals surface area contributed by atoms with Crippen LogP contribution in [0.2, 0.25) is 0 Å². The lowest BCUT2D eigenvalue weighted by atomic mass is 9.85. The van der Waals surface area contributed by atoms with E-state index in [9.17, 15) is 0 Å². The summed E-state index contributed by atoms with van der Waals surface area (Å²) >= 11 is 0. The maximum atomic E-state index is 6.20. The molecule has 0 spiro atoms. The molecule has 0 aromatic heterocycles. The Kier molecular flexibility index (Phi) is 1.87. The molecule has 0 unspecified atom stereocenters. The van der Waals surface area contributed by atoms with Crippen LogP contribution in [0.15, 0.2) is 18.2 Å². The predicted octanol–water partition coefficient (Wildman–Crippen LogP) is 0.215. The summed E-state index contributed by atoms with van der Waals surface area (Å²) in [4.78, 5) is 0. The Hall–Kier alpha value is -1.26. The zero-order valence-corrected chi connectivity index (χ0v) is 8.45. The molecular formula is C11H14N2O2. The highest BCUT2D eigenvalue weighted by atomic mass is 16.6. The first-order chi connectivity index (χ1) is 7.28. The van der Waals surface area contributed by atoms with Gasteiger partial charge >= 0.3 is 0 Å². The minimum absolute atomic E-state index is 0.226. The molecule has 0 saturated carbocycles. The van der Waals surface area contributed by atoms with Crippen LogP contribution in [-0.4, -0.2) is 26.3 Å². The van der Waals surface area contributed by atoms with Gasteiger partial charge in [0.25, 0.3) is 0 Å². The Labute approximate surface area is 88.4 Å². The monoisotopic (exact) mass is 206 g/mol. The smallest absolute Gasteiger partial charge is 0.161 e. The molecule has 2 aliphatic heterocycles. The van der Waals surface area contributed by atoms with Crippen LogP contribution in [0.25, 0.3) is 0 Å². The molecule has 1 aromatic rings. The topological polar surface area (TPSA) is 56.5 Å². The molecule has 1 fully saturated rings. The molecule has 0 amide bonds. The summed E-state index contributed by atoms with van der Waals surface area (Å²) in [6.45, 7) is 2.90. The summed E-state index contributed by atoms with van der Waals surface area (Å²) in [6.07, 6.45) is 0. The van der Waals surface area contributed by atoms with Gasteiger partial charge in [0.05, 0.1) is 5.54 Å². The van der Waals surface area contributed by atoms with Gasteiger partial charge in [0.15, 0.2) is 11.5 Å². The van der Waals surface area contributed by atoms with E-state index in [2.05, 4.69) is 5.32 Å². The van der Waals surface area contributed by atoms with E-state index in [-0.39, 0.29) is 5.54 Å². The fraction of sp³-hybridized carbons (Fsp3) is 0.455. The lowest BCUT2D eigenvalue weighted by molar-refractivity contribution is 0.170. The number of hydrogen-bond donors (Lipinski definition) is 2. The normalized spacial score (nSPS) is 21.9. The minimum Gasteiger partial charge on any atom is -0.486 e. The number of hydrogen-bond acceptors (Lipinski definition) is 4. The first-order valence-corrected chi connectivity index (χ1v) is 5.18. The zero-order chi connectivity index (χ0) is 10.3. The third-order valence-electron chi connectivity index (χ3n) is 3.00. The van der Waals surface area contributed by atoms with Crippen molar-refractivity contribution in [2.24, 2.45) is 5.73 Å². The van der Waals surface area contributed by atoms with Gasteiger partial charge in [0.2, 0.25) is 0 Å². The van der Waals surface area contributed by atoms with Crippen molar-refractivity contribution >= 4 is 0 Å². The van der Waals surface area contributed by atoms with Crippen molar-refractivity contribution in [3.05, 3.63) is 23.8 Å². The van der Waals surface area contributed by atoms with Crippen LogP contribution in [0, 0.1) is 0 Å². The Bertz CT molecular complexity index is 388. The van der Waals surface area contributed by atoms with E-state index >= 15 is 0 Å². The van der Waals surface area contributed by atoms with Crippen molar-refractivity contribution in [3.63, 3.8) is 0 Å². The largest absolute Gasteiger partial charge is 0.486 e. The van der Waals surface area contributed by atoms with Crippen LogP contribution in [0.1, 0.15) is 5.56 Å². The van der Waals surface area contributed by atoms with Gasteiger partial charge in [0, 0.05) is 13.1 Å². The molecule has 0 bridgehead atoms. The summed E-state index contributed by atoms with van der Waals surface area (Å²) in [6, 6.07) is 5.96. The average Bonchev–Trinajstić information content (AvgIpc) is 2.25. The predicted molar refractivity (Wildman–Crippen MR) is 56.2 cm³/mol. The molecule has 15 heavy (non-hydrogen) atoms.